The van der Waals surface area contributed by atoms with E-state index in [1.165, 1.54) is 25.9 Å². The number of likely N-dealkylation sites (tertiary alicyclic amines) is 1. The summed E-state index contributed by atoms with van der Waals surface area (Å²) in [5.74, 6) is 2.64. The van der Waals surface area contributed by atoms with E-state index >= 15 is 0 Å². The molecule has 1 aromatic heterocycles. The van der Waals surface area contributed by atoms with Crippen molar-refractivity contribution in [2.24, 2.45) is 0 Å². The van der Waals surface area contributed by atoms with Crippen LogP contribution in [0.15, 0.2) is 6.07 Å². The Morgan fingerprint density at radius 2 is 1.81 bits per heavy atom. The zero-order valence-electron chi connectivity index (χ0n) is 14.0. The van der Waals surface area contributed by atoms with Gasteiger partial charge in [-0.3, -0.25) is 0 Å². The Labute approximate surface area is 128 Å². The van der Waals surface area contributed by atoms with Gasteiger partial charge in [0.2, 0.25) is 0 Å². The standard InChI is InChI=1S/C16H29N5/c1-12(11-21-8-6-7-9-21)18-14-10-13(17-5)19-15(20-14)16(2,3)4/h10,12H,6-9,11H2,1-5H3,(H2,17,18,19,20). The third-order valence-electron chi connectivity index (χ3n) is 3.78. The topological polar surface area (TPSA) is 53.1 Å². The zero-order valence-corrected chi connectivity index (χ0v) is 14.0. The number of hydrogen-bond donors (Lipinski definition) is 2. The van der Waals surface area contributed by atoms with Gasteiger partial charge >= 0.3 is 0 Å². The van der Waals surface area contributed by atoms with Crippen molar-refractivity contribution in [3.05, 3.63) is 11.9 Å². The van der Waals surface area contributed by atoms with E-state index in [1.807, 2.05) is 13.1 Å². The second kappa shape index (κ2) is 6.60. The van der Waals surface area contributed by atoms with Gasteiger partial charge in [-0.25, -0.2) is 9.97 Å². The molecule has 2 N–H and O–H groups in total. The predicted octanol–water partition coefficient (Wildman–Crippen LogP) is 2.71. The molecule has 1 aromatic rings. The van der Waals surface area contributed by atoms with E-state index < -0.39 is 0 Å². The molecule has 0 radical (unpaired) electrons. The van der Waals surface area contributed by atoms with Gasteiger partial charge in [0, 0.05) is 31.1 Å². The number of aromatic nitrogens is 2. The van der Waals surface area contributed by atoms with Gasteiger partial charge < -0.3 is 15.5 Å². The lowest BCUT2D eigenvalue weighted by Crippen LogP contribution is -2.33. The molecule has 0 bridgehead atoms. The van der Waals surface area contributed by atoms with E-state index in [1.54, 1.807) is 0 Å². The summed E-state index contributed by atoms with van der Waals surface area (Å²) >= 11 is 0. The molecule has 1 saturated heterocycles. The highest BCUT2D eigenvalue weighted by Gasteiger charge is 2.20. The Balaban J connectivity index is 2.07. The van der Waals surface area contributed by atoms with Crippen LogP contribution in [0.3, 0.4) is 0 Å². The SMILES string of the molecule is CNc1cc(NC(C)CN2CCCC2)nc(C(C)(C)C)n1. The Hall–Kier alpha value is -1.36. The summed E-state index contributed by atoms with van der Waals surface area (Å²) in [5, 5.41) is 6.65. The van der Waals surface area contributed by atoms with Crippen molar-refractivity contribution in [2.75, 3.05) is 37.3 Å². The average Bonchev–Trinajstić information content (AvgIpc) is 2.89. The molecule has 1 aliphatic rings. The molecule has 0 spiro atoms. The third kappa shape index (κ3) is 4.56. The van der Waals surface area contributed by atoms with E-state index in [-0.39, 0.29) is 5.41 Å². The molecule has 118 valence electrons. The highest BCUT2D eigenvalue weighted by atomic mass is 15.2. The number of anilines is 2. The lowest BCUT2D eigenvalue weighted by molar-refractivity contribution is 0.327. The Morgan fingerprint density at radius 3 is 2.38 bits per heavy atom. The molecule has 21 heavy (non-hydrogen) atoms. The Morgan fingerprint density at radius 1 is 1.19 bits per heavy atom. The fraction of sp³-hybridized carbons (Fsp3) is 0.750. The van der Waals surface area contributed by atoms with E-state index in [0.717, 1.165) is 24.0 Å². The monoisotopic (exact) mass is 291 g/mol. The van der Waals surface area contributed by atoms with Gasteiger partial charge in [-0.15, -0.1) is 0 Å². The molecule has 5 heteroatoms. The van der Waals surface area contributed by atoms with E-state index in [4.69, 9.17) is 0 Å². The van der Waals surface area contributed by atoms with Crippen LogP contribution >= 0.6 is 0 Å². The lowest BCUT2D eigenvalue weighted by Gasteiger charge is -2.23. The van der Waals surface area contributed by atoms with Crippen molar-refractivity contribution in [2.45, 2.75) is 52.0 Å². The zero-order chi connectivity index (χ0) is 15.5. The molecule has 1 fully saturated rings. The summed E-state index contributed by atoms with van der Waals surface area (Å²) < 4.78 is 0. The molecular formula is C16H29N5. The lowest BCUT2D eigenvalue weighted by atomic mass is 9.96. The van der Waals surface area contributed by atoms with E-state index in [9.17, 15) is 0 Å². The van der Waals surface area contributed by atoms with E-state index in [0.29, 0.717) is 6.04 Å². The van der Waals surface area contributed by atoms with Gasteiger partial charge in [-0.05, 0) is 32.9 Å². The van der Waals surface area contributed by atoms with Crippen LogP contribution < -0.4 is 10.6 Å². The first-order valence-electron chi connectivity index (χ1n) is 7.94. The highest BCUT2D eigenvalue weighted by molar-refractivity contribution is 5.48. The van der Waals surface area contributed by atoms with Gasteiger partial charge in [0.15, 0.2) is 0 Å². The second-order valence-corrected chi connectivity index (χ2v) is 7.02. The molecule has 1 unspecified atom stereocenters. The first-order valence-corrected chi connectivity index (χ1v) is 7.94. The maximum absolute atomic E-state index is 4.69. The van der Waals surface area contributed by atoms with Crippen molar-refractivity contribution in [3.8, 4) is 0 Å². The number of nitrogens with zero attached hydrogens (tertiary/aromatic N) is 3. The molecule has 1 atom stereocenters. The molecule has 0 aliphatic carbocycles. The average molecular weight is 291 g/mol. The summed E-state index contributed by atoms with van der Waals surface area (Å²) in [6.45, 7) is 12.2. The van der Waals surface area contributed by atoms with Crippen LogP contribution in [0.25, 0.3) is 0 Å². The molecule has 0 aromatic carbocycles. The summed E-state index contributed by atoms with van der Waals surface area (Å²) in [4.78, 5) is 11.8. The number of nitrogens with one attached hydrogen (secondary N) is 2. The van der Waals surface area contributed by atoms with Crippen molar-refractivity contribution >= 4 is 11.6 Å². The van der Waals surface area contributed by atoms with Crippen molar-refractivity contribution in [1.82, 2.24) is 14.9 Å². The van der Waals surface area contributed by atoms with Crippen LogP contribution in [0.1, 0.15) is 46.4 Å². The molecule has 0 amide bonds. The largest absolute Gasteiger partial charge is 0.373 e. The minimum atomic E-state index is -0.0541. The van der Waals surface area contributed by atoms with Crippen molar-refractivity contribution in [1.29, 1.82) is 0 Å². The Bertz CT molecular complexity index is 460. The molecule has 2 rings (SSSR count). The van der Waals surface area contributed by atoms with Crippen LogP contribution in [-0.2, 0) is 5.41 Å². The third-order valence-corrected chi connectivity index (χ3v) is 3.78. The van der Waals surface area contributed by atoms with E-state index in [2.05, 4.69) is 53.2 Å². The van der Waals surface area contributed by atoms with Crippen molar-refractivity contribution in [3.63, 3.8) is 0 Å². The van der Waals surface area contributed by atoms with Crippen LogP contribution in [0.5, 0.6) is 0 Å². The normalized spacial score (nSPS) is 17.8. The summed E-state index contributed by atoms with van der Waals surface area (Å²) in [5.41, 5.74) is -0.0541. The van der Waals surface area contributed by atoms with Crippen LogP contribution in [0.4, 0.5) is 11.6 Å². The molecule has 5 nitrogen and oxygen atoms in total. The second-order valence-electron chi connectivity index (χ2n) is 7.02. The van der Waals surface area contributed by atoms with Crippen LogP contribution in [0.2, 0.25) is 0 Å². The van der Waals surface area contributed by atoms with Gasteiger partial charge in [0.05, 0.1) is 0 Å². The fourth-order valence-corrected chi connectivity index (χ4v) is 2.64. The molecule has 0 saturated carbocycles. The highest BCUT2D eigenvalue weighted by Crippen LogP contribution is 2.22. The fourth-order valence-electron chi connectivity index (χ4n) is 2.64. The minimum absolute atomic E-state index is 0.0541. The summed E-state index contributed by atoms with van der Waals surface area (Å²) in [6, 6.07) is 2.37. The molecule has 1 aliphatic heterocycles. The minimum Gasteiger partial charge on any atom is -0.373 e. The van der Waals surface area contributed by atoms with Crippen LogP contribution in [-0.4, -0.2) is 47.6 Å². The summed E-state index contributed by atoms with van der Waals surface area (Å²) in [7, 11) is 1.90. The van der Waals surface area contributed by atoms with Gasteiger partial charge in [0.1, 0.15) is 17.5 Å². The Kier molecular flexibility index (Phi) is 5.04. The van der Waals surface area contributed by atoms with Crippen LogP contribution in [0, 0.1) is 0 Å². The first kappa shape index (κ1) is 16.0. The van der Waals surface area contributed by atoms with Gasteiger partial charge in [-0.1, -0.05) is 20.8 Å². The maximum atomic E-state index is 4.69. The van der Waals surface area contributed by atoms with Gasteiger partial charge in [0.25, 0.3) is 0 Å². The number of hydrogen-bond acceptors (Lipinski definition) is 5. The van der Waals surface area contributed by atoms with Crippen molar-refractivity contribution < 1.29 is 0 Å². The molecular weight excluding hydrogens is 262 g/mol. The predicted molar refractivity (Wildman–Crippen MR) is 89.0 cm³/mol. The first-order chi connectivity index (χ1) is 9.88. The van der Waals surface area contributed by atoms with Gasteiger partial charge in [-0.2, -0.15) is 0 Å². The number of rotatable bonds is 5. The smallest absolute Gasteiger partial charge is 0.138 e. The molecule has 2 heterocycles. The maximum Gasteiger partial charge on any atom is 0.138 e. The summed E-state index contributed by atoms with van der Waals surface area (Å²) in [6.07, 6.45) is 2.66. The quantitative estimate of drug-likeness (QED) is 0.873.